The zero-order valence-corrected chi connectivity index (χ0v) is 11.4. The largest absolute Gasteiger partial charge is 0.398 e. The number of rotatable bonds is 2. The summed E-state index contributed by atoms with van der Waals surface area (Å²) in [6.07, 6.45) is 1.54. The third-order valence-corrected chi connectivity index (χ3v) is 3.75. The number of anilines is 2. The number of aromatic amines is 1. The summed E-state index contributed by atoms with van der Waals surface area (Å²) >= 11 is 0.941. The molecule has 0 saturated carbocycles. The summed E-state index contributed by atoms with van der Waals surface area (Å²) in [6, 6.07) is 5.83. The molecule has 0 saturated heterocycles. The van der Waals surface area contributed by atoms with Crippen LogP contribution in [0.1, 0.15) is 0 Å². The van der Waals surface area contributed by atoms with Gasteiger partial charge in [0.2, 0.25) is 0 Å². The number of hydrogen-bond donors (Lipinski definition) is 3. The highest BCUT2D eigenvalue weighted by atomic mass is 32.2. The average Bonchev–Trinajstić information content (AvgIpc) is 2.42. The Labute approximate surface area is 122 Å². The van der Waals surface area contributed by atoms with Crippen LogP contribution in [0.3, 0.4) is 0 Å². The number of hydrogen-bond acceptors (Lipinski definition) is 6. The number of benzene rings is 1. The van der Waals surface area contributed by atoms with E-state index in [9.17, 15) is 9.18 Å². The molecule has 2 heterocycles. The Kier molecular flexibility index (Phi) is 3.22. The van der Waals surface area contributed by atoms with Crippen LogP contribution < -0.4 is 17.0 Å². The number of H-pyrrole nitrogens is 1. The van der Waals surface area contributed by atoms with Crippen LogP contribution in [0.5, 0.6) is 0 Å². The Morgan fingerprint density at radius 1 is 1.29 bits per heavy atom. The molecule has 21 heavy (non-hydrogen) atoms. The molecule has 8 heteroatoms. The minimum atomic E-state index is -0.534. The van der Waals surface area contributed by atoms with Crippen molar-refractivity contribution in [2.75, 3.05) is 11.5 Å². The fourth-order valence-corrected chi connectivity index (χ4v) is 2.82. The van der Waals surface area contributed by atoms with Crippen molar-refractivity contribution < 1.29 is 4.39 Å². The van der Waals surface area contributed by atoms with E-state index in [1.54, 1.807) is 18.3 Å². The van der Waals surface area contributed by atoms with Crippen LogP contribution in [0.15, 0.2) is 45.3 Å². The Morgan fingerprint density at radius 3 is 2.86 bits per heavy atom. The van der Waals surface area contributed by atoms with Crippen molar-refractivity contribution in [3.63, 3.8) is 0 Å². The predicted molar refractivity (Wildman–Crippen MR) is 79.5 cm³/mol. The molecule has 0 radical (unpaired) electrons. The van der Waals surface area contributed by atoms with Gasteiger partial charge in [-0.05, 0) is 30.0 Å². The normalized spacial score (nSPS) is 10.9. The van der Waals surface area contributed by atoms with Gasteiger partial charge in [0.05, 0.1) is 10.4 Å². The van der Waals surface area contributed by atoms with Gasteiger partial charge in [0, 0.05) is 23.3 Å². The summed E-state index contributed by atoms with van der Waals surface area (Å²) in [7, 11) is 0. The van der Waals surface area contributed by atoms with Crippen molar-refractivity contribution in [3.8, 4) is 0 Å². The van der Waals surface area contributed by atoms with Gasteiger partial charge in [0.1, 0.15) is 11.6 Å². The summed E-state index contributed by atoms with van der Waals surface area (Å²) in [5, 5.41) is 0.822. The third kappa shape index (κ3) is 2.52. The zero-order chi connectivity index (χ0) is 15.0. The highest BCUT2D eigenvalue weighted by Crippen LogP contribution is 2.35. The van der Waals surface area contributed by atoms with Gasteiger partial charge in [-0.2, -0.15) is 0 Å². The maximum absolute atomic E-state index is 14.2. The first-order chi connectivity index (χ1) is 10.0. The summed E-state index contributed by atoms with van der Waals surface area (Å²) < 4.78 is 14.2. The number of fused-ring (bicyclic) bond motifs is 1. The monoisotopic (exact) mass is 303 g/mol. The van der Waals surface area contributed by atoms with E-state index in [0.717, 1.165) is 17.8 Å². The Bertz CT molecular complexity index is 895. The van der Waals surface area contributed by atoms with Crippen molar-refractivity contribution in [2.24, 2.45) is 0 Å². The molecule has 0 fully saturated rings. The summed E-state index contributed by atoms with van der Waals surface area (Å²) in [4.78, 5) is 22.2. The quantitative estimate of drug-likeness (QED) is 0.491. The maximum atomic E-state index is 14.2. The van der Waals surface area contributed by atoms with E-state index in [-0.39, 0.29) is 15.9 Å². The molecule has 0 aliphatic heterocycles. The minimum absolute atomic E-state index is 0.0642. The first kappa shape index (κ1) is 13.4. The predicted octanol–water partition coefficient (Wildman–Crippen LogP) is 1.77. The molecule has 0 atom stereocenters. The lowest BCUT2D eigenvalue weighted by Gasteiger charge is -2.08. The molecule has 3 aromatic rings. The molecule has 0 bridgehead atoms. The van der Waals surface area contributed by atoms with E-state index in [0.29, 0.717) is 16.6 Å². The van der Waals surface area contributed by atoms with Gasteiger partial charge in [-0.25, -0.2) is 9.37 Å². The third-order valence-electron chi connectivity index (χ3n) is 2.77. The number of nitrogens with zero attached hydrogens (tertiary/aromatic N) is 2. The summed E-state index contributed by atoms with van der Waals surface area (Å²) in [5.74, 6) is -0.469. The Morgan fingerprint density at radius 2 is 2.10 bits per heavy atom. The van der Waals surface area contributed by atoms with Gasteiger partial charge in [0.15, 0.2) is 5.16 Å². The molecule has 0 aliphatic rings. The van der Waals surface area contributed by atoms with Crippen molar-refractivity contribution in [3.05, 3.63) is 46.6 Å². The van der Waals surface area contributed by atoms with Crippen LogP contribution in [-0.2, 0) is 0 Å². The molecule has 0 unspecified atom stereocenters. The highest BCUT2D eigenvalue weighted by molar-refractivity contribution is 7.99. The first-order valence-electron chi connectivity index (χ1n) is 5.92. The van der Waals surface area contributed by atoms with Crippen LogP contribution >= 0.6 is 11.8 Å². The first-order valence-corrected chi connectivity index (χ1v) is 6.73. The second kappa shape index (κ2) is 5.06. The number of nitrogen functional groups attached to an aromatic ring is 2. The van der Waals surface area contributed by atoms with E-state index in [2.05, 4.69) is 15.0 Å². The van der Waals surface area contributed by atoms with Gasteiger partial charge in [-0.3, -0.25) is 9.78 Å². The molecule has 3 rings (SSSR count). The topological polar surface area (TPSA) is 111 Å². The van der Waals surface area contributed by atoms with Crippen LogP contribution in [-0.4, -0.2) is 15.0 Å². The van der Waals surface area contributed by atoms with Crippen LogP contribution in [0, 0.1) is 5.82 Å². The van der Waals surface area contributed by atoms with E-state index >= 15 is 0 Å². The lowest BCUT2D eigenvalue weighted by molar-refractivity contribution is 0.605. The second-order valence-corrected chi connectivity index (χ2v) is 5.25. The molecule has 0 amide bonds. The van der Waals surface area contributed by atoms with Gasteiger partial charge in [0.25, 0.3) is 5.56 Å². The number of halogens is 1. The summed E-state index contributed by atoms with van der Waals surface area (Å²) in [5.41, 5.74) is 11.6. The molecule has 2 aromatic heterocycles. The maximum Gasteiger partial charge on any atom is 0.253 e. The smallest absolute Gasteiger partial charge is 0.253 e. The zero-order valence-electron chi connectivity index (χ0n) is 10.6. The molecule has 106 valence electrons. The van der Waals surface area contributed by atoms with Gasteiger partial charge >= 0.3 is 0 Å². The lowest BCUT2D eigenvalue weighted by atomic mass is 10.2. The van der Waals surface area contributed by atoms with Gasteiger partial charge in [-0.1, -0.05) is 0 Å². The molecular weight excluding hydrogens is 293 g/mol. The average molecular weight is 303 g/mol. The Balaban J connectivity index is 2.18. The SMILES string of the molecule is Nc1cc(=O)[nH]c(Sc2c(F)cc(N)c3cccnc23)n1. The second-order valence-electron chi connectivity index (χ2n) is 4.25. The van der Waals surface area contributed by atoms with Crippen molar-refractivity contribution in [1.82, 2.24) is 15.0 Å². The molecule has 6 nitrogen and oxygen atoms in total. The van der Waals surface area contributed by atoms with E-state index in [1.165, 1.54) is 6.07 Å². The van der Waals surface area contributed by atoms with E-state index in [4.69, 9.17) is 11.5 Å². The van der Waals surface area contributed by atoms with Crippen LogP contribution in [0.4, 0.5) is 15.9 Å². The highest BCUT2D eigenvalue weighted by Gasteiger charge is 2.14. The number of aromatic nitrogens is 3. The molecular formula is C13H10FN5OS. The Hall–Kier alpha value is -2.61. The van der Waals surface area contributed by atoms with E-state index in [1.807, 2.05) is 0 Å². The van der Waals surface area contributed by atoms with Crippen molar-refractivity contribution in [1.29, 1.82) is 0 Å². The van der Waals surface area contributed by atoms with E-state index < -0.39 is 11.4 Å². The standard InChI is InChI=1S/C13H10FN5OS/c14-7-4-8(15)6-2-1-3-17-11(6)12(7)21-13-18-9(16)5-10(20)19-13/h1-5H,15H2,(H3,16,18,19,20). The van der Waals surface area contributed by atoms with Crippen molar-refractivity contribution >= 4 is 34.2 Å². The fraction of sp³-hybridized carbons (Fsp3) is 0. The molecule has 1 aromatic carbocycles. The molecule has 0 aliphatic carbocycles. The number of nitrogens with two attached hydrogens (primary N) is 2. The molecule has 0 spiro atoms. The van der Waals surface area contributed by atoms with Crippen LogP contribution in [0.2, 0.25) is 0 Å². The number of nitrogens with one attached hydrogen (secondary N) is 1. The number of pyridine rings is 1. The lowest BCUT2D eigenvalue weighted by Crippen LogP contribution is -2.09. The summed E-state index contributed by atoms with van der Waals surface area (Å²) in [6.45, 7) is 0. The van der Waals surface area contributed by atoms with Gasteiger partial charge < -0.3 is 16.5 Å². The van der Waals surface area contributed by atoms with Gasteiger partial charge in [-0.15, -0.1) is 0 Å². The molecule has 5 N–H and O–H groups in total. The fourth-order valence-electron chi connectivity index (χ4n) is 1.91. The van der Waals surface area contributed by atoms with Crippen molar-refractivity contribution in [2.45, 2.75) is 10.1 Å². The van der Waals surface area contributed by atoms with Crippen LogP contribution in [0.25, 0.3) is 10.9 Å². The minimum Gasteiger partial charge on any atom is -0.398 e.